The van der Waals surface area contributed by atoms with Gasteiger partial charge in [-0.1, -0.05) is 68.2 Å². The highest BCUT2D eigenvalue weighted by Crippen LogP contribution is 2.46. The van der Waals surface area contributed by atoms with E-state index in [1.807, 2.05) is 0 Å². The summed E-state index contributed by atoms with van der Waals surface area (Å²) in [5.74, 6) is -0.00374. The molecule has 1 atom stereocenters. The molecule has 18 heavy (non-hydrogen) atoms. The number of ketones is 1. The molecule has 0 aliphatic heterocycles. The minimum Gasteiger partial charge on any atom is -0.296 e. The summed E-state index contributed by atoms with van der Waals surface area (Å²) in [5.41, 5.74) is 2.65. The maximum atomic E-state index is 11.3. The fourth-order valence-corrected chi connectivity index (χ4v) is 2.67. The molecule has 0 amide bonds. The number of halogens is 2. The van der Waals surface area contributed by atoms with Crippen LogP contribution in [0.15, 0.2) is 24.3 Å². The number of hydrogen-bond donors (Lipinski definition) is 0. The van der Waals surface area contributed by atoms with Crippen LogP contribution < -0.4 is 0 Å². The van der Waals surface area contributed by atoms with E-state index in [1.165, 1.54) is 11.1 Å². The molecule has 0 N–H and O–H groups in total. The molecule has 0 radical (unpaired) electrons. The second-order valence-corrected chi connectivity index (χ2v) is 7.48. The van der Waals surface area contributed by atoms with Gasteiger partial charge in [0.05, 0.1) is 0 Å². The van der Waals surface area contributed by atoms with Crippen LogP contribution in [-0.2, 0) is 16.6 Å². The van der Waals surface area contributed by atoms with E-state index in [0.29, 0.717) is 6.42 Å². The second kappa shape index (κ2) is 4.54. The lowest BCUT2D eigenvalue weighted by atomic mass is 9.78. The second-order valence-electron chi connectivity index (χ2n) is 6.10. The Bertz CT molecular complexity index is 454. The third kappa shape index (κ3) is 2.57. The van der Waals surface area contributed by atoms with E-state index < -0.39 is 4.33 Å². The van der Waals surface area contributed by atoms with Crippen LogP contribution in [0.4, 0.5) is 0 Å². The van der Waals surface area contributed by atoms with Crippen molar-refractivity contribution in [2.45, 2.75) is 43.4 Å². The monoisotopic (exact) mass is 284 g/mol. The fourth-order valence-electron chi connectivity index (χ4n) is 2.21. The van der Waals surface area contributed by atoms with Gasteiger partial charge in [0, 0.05) is 12.3 Å². The first-order chi connectivity index (χ1) is 8.21. The first-order valence-corrected chi connectivity index (χ1v) is 6.97. The molecule has 1 aliphatic rings. The molecular weight excluding hydrogens is 267 g/mol. The molecule has 1 unspecified atom stereocenters. The van der Waals surface area contributed by atoms with Crippen molar-refractivity contribution < 1.29 is 4.79 Å². The predicted molar refractivity (Wildman–Crippen MR) is 76.4 cm³/mol. The van der Waals surface area contributed by atoms with E-state index in [-0.39, 0.29) is 17.1 Å². The molecule has 98 valence electrons. The van der Waals surface area contributed by atoms with Crippen LogP contribution in [0.5, 0.6) is 0 Å². The van der Waals surface area contributed by atoms with Crippen molar-refractivity contribution in [2.75, 3.05) is 0 Å². The van der Waals surface area contributed by atoms with Gasteiger partial charge >= 0.3 is 0 Å². The third-order valence-corrected chi connectivity index (χ3v) is 4.66. The standard InChI is InChI=1S/C15H18Cl2O/c1-14(2,3)11-6-4-10(5-7-11)8-12-9-13(18)15(12,16)17/h4-7,12H,8-9H2,1-3H3. The number of rotatable bonds is 2. The lowest BCUT2D eigenvalue weighted by Crippen LogP contribution is -2.48. The maximum Gasteiger partial charge on any atom is 0.179 e. The number of carbonyl (C=O) groups excluding carboxylic acids is 1. The van der Waals surface area contributed by atoms with Crippen molar-refractivity contribution in [3.63, 3.8) is 0 Å². The Kier molecular flexibility index (Phi) is 3.50. The molecule has 3 heteroatoms. The molecule has 2 rings (SSSR count). The zero-order chi connectivity index (χ0) is 13.6. The third-order valence-electron chi connectivity index (χ3n) is 3.62. The molecule has 0 spiro atoms. The normalized spacial score (nSPS) is 22.7. The summed E-state index contributed by atoms with van der Waals surface area (Å²) in [6, 6.07) is 8.49. The van der Waals surface area contributed by atoms with Crippen molar-refractivity contribution >= 4 is 29.0 Å². The minimum absolute atomic E-state index is 0.0498. The summed E-state index contributed by atoms with van der Waals surface area (Å²) >= 11 is 12.0. The van der Waals surface area contributed by atoms with Crippen molar-refractivity contribution in [2.24, 2.45) is 5.92 Å². The molecule has 0 heterocycles. The van der Waals surface area contributed by atoms with Crippen molar-refractivity contribution in [3.05, 3.63) is 35.4 Å². The highest BCUT2D eigenvalue weighted by atomic mass is 35.5. The summed E-state index contributed by atoms with van der Waals surface area (Å²) in [7, 11) is 0. The summed E-state index contributed by atoms with van der Waals surface area (Å²) in [6.45, 7) is 6.57. The van der Waals surface area contributed by atoms with E-state index >= 15 is 0 Å². The summed E-state index contributed by atoms with van der Waals surface area (Å²) in [4.78, 5) is 11.3. The van der Waals surface area contributed by atoms with Gasteiger partial charge in [-0.2, -0.15) is 0 Å². The zero-order valence-corrected chi connectivity index (χ0v) is 12.5. The molecule has 0 aromatic heterocycles. The number of hydrogen-bond acceptors (Lipinski definition) is 1. The molecular formula is C15H18Cl2O. The Morgan fingerprint density at radius 1 is 1.22 bits per heavy atom. The summed E-state index contributed by atoms with van der Waals surface area (Å²) in [6.07, 6.45) is 1.26. The van der Waals surface area contributed by atoms with Crippen LogP contribution in [0.3, 0.4) is 0 Å². The SMILES string of the molecule is CC(C)(C)c1ccc(CC2CC(=O)C2(Cl)Cl)cc1. The van der Waals surface area contributed by atoms with E-state index in [9.17, 15) is 4.79 Å². The van der Waals surface area contributed by atoms with E-state index in [2.05, 4.69) is 45.0 Å². The number of carbonyl (C=O) groups is 1. The Morgan fingerprint density at radius 3 is 2.17 bits per heavy atom. The van der Waals surface area contributed by atoms with E-state index in [1.54, 1.807) is 0 Å². The van der Waals surface area contributed by atoms with Gasteiger partial charge in [0.2, 0.25) is 0 Å². The zero-order valence-electron chi connectivity index (χ0n) is 11.0. The van der Waals surface area contributed by atoms with Gasteiger partial charge in [0.25, 0.3) is 0 Å². The van der Waals surface area contributed by atoms with Gasteiger partial charge in [0.15, 0.2) is 10.1 Å². The first kappa shape index (κ1) is 13.9. The smallest absolute Gasteiger partial charge is 0.179 e. The summed E-state index contributed by atoms with van der Waals surface area (Å²) in [5, 5.41) is 0. The van der Waals surface area contributed by atoms with Crippen LogP contribution >= 0.6 is 23.2 Å². The van der Waals surface area contributed by atoms with E-state index in [4.69, 9.17) is 23.2 Å². The highest BCUT2D eigenvalue weighted by molar-refractivity contribution is 6.60. The van der Waals surface area contributed by atoms with Crippen LogP contribution in [0.25, 0.3) is 0 Å². The lowest BCUT2D eigenvalue weighted by Gasteiger charge is -2.37. The quantitative estimate of drug-likeness (QED) is 0.741. The van der Waals surface area contributed by atoms with Crippen molar-refractivity contribution in [3.8, 4) is 0 Å². The molecule has 1 fully saturated rings. The molecule has 1 nitrogen and oxygen atoms in total. The van der Waals surface area contributed by atoms with Crippen molar-refractivity contribution in [1.82, 2.24) is 0 Å². The molecule has 1 saturated carbocycles. The van der Waals surface area contributed by atoms with Gasteiger partial charge in [-0.05, 0) is 23.0 Å². The Balaban J connectivity index is 2.06. The van der Waals surface area contributed by atoms with Crippen molar-refractivity contribution in [1.29, 1.82) is 0 Å². The van der Waals surface area contributed by atoms with Gasteiger partial charge in [-0.15, -0.1) is 0 Å². The van der Waals surface area contributed by atoms with Crippen LogP contribution in [-0.4, -0.2) is 10.1 Å². The maximum absolute atomic E-state index is 11.3. The average molecular weight is 285 g/mol. The number of benzene rings is 1. The molecule has 1 aromatic rings. The predicted octanol–water partition coefficient (Wildman–Crippen LogP) is 4.29. The van der Waals surface area contributed by atoms with Crippen LogP contribution in [0, 0.1) is 5.92 Å². The average Bonchev–Trinajstić information content (AvgIpc) is 2.28. The molecule has 1 aliphatic carbocycles. The highest BCUT2D eigenvalue weighted by Gasteiger charge is 2.52. The Morgan fingerprint density at radius 2 is 1.78 bits per heavy atom. The van der Waals surface area contributed by atoms with Gasteiger partial charge in [-0.25, -0.2) is 0 Å². The Labute approximate surface area is 118 Å². The lowest BCUT2D eigenvalue weighted by molar-refractivity contribution is -0.128. The molecule has 1 aromatic carbocycles. The topological polar surface area (TPSA) is 17.1 Å². The number of Topliss-reactive ketones (excluding diaryl/α,β-unsaturated/α-hetero) is 1. The molecule has 0 bridgehead atoms. The van der Waals surface area contributed by atoms with E-state index in [0.717, 1.165) is 6.42 Å². The number of alkyl halides is 2. The largest absolute Gasteiger partial charge is 0.296 e. The molecule has 0 saturated heterocycles. The van der Waals surface area contributed by atoms with Crippen LogP contribution in [0.2, 0.25) is 0 Å². The van der Waals surface area contributed by atoms with Gasteiger partial charge in [0.1, 0.15) is 0 Å². The fraction of sp³-hybridized carbons (Fsp3) is 0.533. The van der Waals surface area contributed by atoms with Crippen LogP contribution in [0.1, 0.15) is 38.3 Å². The Hall–Kier alpha value is -0.530. The van der Waals surface area contributed by atoms with Gasteiger partial charge in [-0.3, -0.25) is 4.79 Å². The minimum atomic E-state index is -1.16. The first-order valence-electron chi connectivity index (χ1n) is 6.22. The van der Waals surface area contributed by atoms with Gasteiger partial charge < -0.3 is 0 Å². The summed E-state index contributed by atoms with van der Waals surface area (Å²) < 4.78 is -1.16.